The molecule has 0 aliphatic heterocycles. The summed E-state index contributed by atoms with van der Waals surface area (Å²) in [5, 5.41) is 3.86. The van der Waals surface area contributed by atoms with Crippen molar-refractivity contribution < 1.29 is 9.53 Å². The zero-order valence-electron chi connectivity index (χ0n) is 11.0. The number of hydrogen-bond donors (Lipinski definition) is 2. The van der Waals surface area contributed by atoms with Gasteiger partial charge in [0.05, 0.1) is 27.7 Å². The summed E-state index contributed by atoms with van der Waals surface area (Å²) < 4.78 is 6.15. The SMILES string of the molecule is COC(CN)CC(=O)Nc1ccc2nc(C)sc2c1. The van der Waals surface area contributed by atoms with Crippen LogP contribution in [0.3, 0.4) is 0 Å². The van der Waals surface area contributed by atoms with E-state index in [1.165, 1.54) is 0 Å². The van der Waals surface area contributed by atoms with E-state index in [2.05, 4.69) is 10.3 Å². The molecule has 1 aromatic carbocycles. The first-order valence-corrected chi connectivity index (χ1v) is 6.84. The third kappa shape index (κ3) is 3.50. The Balaban J connectivity index is 2.06. The number of carbonyl (C=O) groups is 1. The van der Waals surface area contributed by atoms with Gasteiger partial charge in [-0.3, -0.25) is 4.79 Å². The lowest BCUT2D eigenvalue weighted by Gasteiger charge is -2.12. The van der Waals surface area contributed by atoms with E-state index in [4.69, 9.17) is 10.5 Å². The van der Waals surface area contributed by atoms with Crippen LogP contribution in [0.4, 0.5) is 5.69 Å². The van der Waals surface area contributed by atoms with Crippen LogP contribution in [0.5, 0.6) is 0 Å². The van der Waals surface area contributed by atoms with Gasteiger partial charge >= 0.3 is 0 Å². The van der Waals surface area contributed by atoms with Crippen molar-refractivity contribution in [3.63, 3.8) is 0 Å². The zero-order chi connectivity index (χ0) is 13.8. The molecular formula is C13H17N3O2S. The van der Waals surface area contributed by atoms with Crippen LogP contribution in [0.1, 0.15) is 11.4 Å². The van der Waals surface area contributed by atoms with E-state index < -0.39 is 0 Å². The molecule has 0 spiro atoms. The van der Waals surface area contributed by atoms with Crippen molar-refractivity contribution in [1.29, 1.82) is 0 Å². The Bertz CT molecular complexity index is 578. The number of anilines is 1. The maximum atomic E-state index is 11.8. The molecule has 0 saturated carbocycles. The van der Waals surface area contributed by atoms with Gasteiger partial charge in [0, 0.05) is 19.3 Å². The number of fused-ring (bicyclic) bond motifs is 1. The predicted octanol–water partition coefficient (Wildman–Crippen LogP) is 1.91. The minimum atomic E-state index is -0.241. The summed E-state index contributed by atoms with van der Waals surface area (Å²) in [7, 11) is 1.55. The number of methoxy groups -OCH3 is 1. The van der Waals surface area contributed by atoms with Crippen molar-refractivity contribution in [1.82, 2.24) is 4.98 Å². The number of nitrogens with two attached hydrogens (primary N) is 1. The van der Waals surface area contributed by atoms with Crippen molar-refractivity contribution in [2.75, 3.05) is 19.0 Å². The summed E-state index contributed by atoms with van der Waals surface area (Å²) in [5.74, 6) is -0.0992. The molecule has 2 aromatic rings. The summed E-state index contributed by atoms with van der Waals surface area (Å²) >= 11 is 1.61. The van der Waals surface area contributed by atoms with Crippen molar-refractivity contribution >= 4 is 33.1 Å². The Labute approximate surface area is 115 Å². The quantitative estimate of drug-likeness (QED) is 0.876. The summed E-state index contributed by atoms with van der Waals surface area (Å²) in [6.45, 7) is 2.30. The van der Waals surface area contributed by atoms with Crippen LogP contribution < -0.4 is 11.1 Å². The van der Waals surface area contributed by atoms with Crippen LogP contribution in [0, 0.1) is 6.92 Å². The molecule has 3 N–H and O–H groups in total. The van der Waals surface area contributed by atoms with E-state index in [-0.39, 0.29) is 18.4 Å². The fourth-order valence-corrected chi connectivity index (χ4v) is 2.67. The molecule has 1 amide bonds. The van der Waals surface area contributed by atoms with Gasteiger partial charge in [0.2, 0.25) is 5.91 Å². The highest BCUT2D eigenvalue weighted by Gasteiger charge is 2.12. The smallest absolute Gasteiger partial charge is 0.227 e. The van der Waals surface area contributed by atoms with Gasteiger partial charge in [-0.1, -0.05) is 0 Å². The Morgan fingerprint density at radius 2 is 2.37 bits per heavy atom. The number of amides is 1. The van der Waals surface area contributed by atoms with Crippen molar-refractivity contribution in [3.05, 3.63) is 23.2 Å². The van der Waals surface area contributed by atoms with Gasteiger partial charge in [-0.25, -0.2) is 4.98 Å². The zero-order valence-corrected chi connectivity index (χ0v) is 11.8. The number of rotatable bonds is 5. The fraction of sp³-hybridized carbons (Fsp3) is 0.385. The normalized spacial score (nSPS) is 12.6. The molecule has 0 saturated heterocycles. The van der Waals surface area contributed by atoms with E-state index in [0.717, 1.165) is 20.9 Å². The first-order chi connectivity index (χ1) is 9.12. The lowest BCUT2D eigenvalue weighted by atomic mass is 10.2. The van der Waals surface area contributed by atoms with Crippen LogP contribution in [-0.4, -0.2) is 30.6 Å². The van der Waals surface area contributed by atoms with Crippen LogP contribution in [0.2, 0.25) is 0 Å². The number of benzene rings is 1. The standard InChI is InChI=1S/C13H17N3O2S/c1-8-15-11-4-3-9(5-12(11)19-8)16-13(17)6-10(7-14)18-2/h3-5,10H,6-7,14H2,1-2H3,(H,16,17). The van der Waals surface area contributed by atoms with Gasteiger partial charge in [-0.05, 0) is 25.1 Å². The number of hydrogen-bond acceptors (Lipinski definition) is 5. The molecule has 6 heteroatoms. The highest BCUT2D eigenvalue weighted by Crippen LogP contribution is 2.24. The molecule has 0 fully saturated rings. The summed E-state index contributed by atoms with van der Waals surface area (Å²) in [5.41, 5.74) is 7.22. The molecule has 102 valence electrons. The van der Waals surface area contributed by atoms with Crippen LogP contribution in [0.25, 0.3) is 10.2 Å². The molecule has 1 heterocycles. The number of thiazole rings is 1. The lowest BCUT2D eigenvalue weighted by Crippen LogP contribution is -2.28. The number of nitrogens with one attached hydrogen (secondary N) is 1. The molecule has 0 radical (unpaired) electrons. The molecule has 2 rings (SSSR count). The Hall–Kier alpha value is -1.50. The second-order valence-electron chi connectivity index (χ2n) is 4.26. The minimum absolute atomic E-state index is 0.0992. The molecule has 19 heavy (non-hydrogen) atoms. The van der Waals surface area contributed by atoms with Crippen LogP contribution in [0.15, 0.2) is 18.2 Å². The second-order valence-corrected chi connectivity index (χ2v) is 5.50. The van der Waals surface area contributed by atoms with Gasteiger partial charge in [-0.2, -0.15) is 0 Å². The van der Waals surface area contributed by atoms with Gasteiger partial charge in [0.1, 0.15) is 0 Å². The highest BCUT2D eigenvalue weighted by molar-refractivity contribution is 7.18. The first kappa shape index (κ1) is 13.9. The largest absolute Gasteiger partial charge is 0.380 e. The van der Waals surface area contributed by atoms with Crippen molar-refractivity contribution in [3.8, 4) is 0 Å². The number of aromatic nitrogens is 1. The van der Waals surface area contributed by atoms with E-state index in [1.54, 1.807) is 18.4 Å². The molecule has 1 atom stereocenters. The van der Waals surface area contributed by atoms with E-state index in [0.29, 0.717) is 6.54 Å². The molecule has 0 aliphatic carbocycles. The molecular weight excluding hydrogens is 262 g/mol. The van der Waals surface area contributed by atoms with E-state index in [1.807, 2.05) is 25.1 Å². The molecule has 5 nitrogen and oxygen atoms in total. The summed E-state index contributed by atoms with van der Waals surface area (Å²) in [4.78, 5) is 16.2. The van der Waals surface area contributed by atoms with Gasteiger partial charge in [0.25, 0.3) is 0 Å². The Morgan fingerprint density at radius 3 is 3.05 bits per heavy atom. The summed E-state index contributed by atoms with van der Waals surface area (Å²) in [6, 6.07) is 5.69. The number of carbonyl (C=O) groups excluding carboxylic acids is 1. The van der Waals surface area contributed by atoms with Crippen LogP contribution >= 0.6 is 11.3 Å². The van der Waals surface area contributed by atoms with Gasteiger partial charge < -0.3 is 15.8 Å². The second kappa shape index (κ2) is 6.10. The first-order valence-electron chi connectivity index (χ1n) is 6.02. The topological polar surface area (TPSA) is 77.2 Å². The third-order valence-corrected chi connectivity index (χ3v) is 3.72. The average Bonchev–Trinajstić information content (AvgIpc) is 2.75. The average molecular weight is 279 g/mol. The Morgan fingerprint density at radius 1 is 1.58 bits per heavy atom. The van der Waals surface area contributed by atoms with Crippen molar-refractivity contribution in [2.24, 2.45) is 5.73 Å². The third-order valence-electron chi connectivity index (χ3n) is 2.79. The van der Waals surface area contributed by atoms with Gasteiger partial charge in [-0.15, -0.1) is 11.3 Å². The molecule has 1 aromatic heterocycles. The van der Waals surface area contributed by atoms with Crippen LogP contribution in [-0.2, 0) is 9.53 Å². The van der Waals surface area contributed by atoms with E-state index >= 15 is 0 Å². The van der Waals surface area contributed by atoms with Crippen molar-refractivity contribution in [2.45, 2.75) is 19.4 Å². The molecule has 0 bridgehead atoms. The van der Waals surface area contributed by atoms with Gasteiger partial charge in [0.15, 0.2) is 0 Å². The number of ether oxygens (including phenoxy) is 1. The maximum Gasteiger partial charge on any atom is 0.227 e. The fourth-order valence-electron chi connectivity index (χ4n) is 1.80. The molecule has 1 unspecified atom stereocenters. The van der Waals surface area contributed by atoms with E-state index in [9.17, 15) is 4.79 Å². The number of aryl methyl sites for hydroxylation is 1. The predicted molar refractivity (Wildman–Crippen MR) is 77.5 cm³/mol. The highest BCUT2D eigenvalue weighted by atomic mass is 32.1. The number of nitrogens with zero attached hydrogens (tertiary/aromatic N) is 1. The summed E-state index contributed by atoms with van der Waals surface area (Å²) in [6.07, 6.45) is 0.0154. The molecule has 0 aliphatic rings. The monoisotopic (exact) mass is 279 g/mol. The lowest BCUT2D eigenvalue weighted by molar-refractivity contribution is -0.118. The minimum Gasteiger partial charge on any atom is -0.380 e. The maximum absolute atomic E-state index is 11.8. The Kier molecular flexibility index (Phi) is 4.47.